The summed E-state index contributed by atoms with van der Waals surface area (Å²) in [6.45, 7) is 10.3. The van der Waals surface area contributed by atoms with Gasteiger partial charge in [0, 0.05) is 26.5 Å². The van der Waals surface area contributed by atoms with Crippen LogP contribution in [0.4, 0.5) is 4.79 Å². The zero-order valence-corrected chi connectivity index (χ0v) is 24.9. The van der Waals surface area contributed by atoms with Gasteiger partial charge in [0.15, 0.2) is 0 Å². The third-order valence-corrected chi connectivity index (χ3v) is 7.56. The van der Waals surface area contributed by atoms with Crippen LogP contribution in [0.25, 0.3) is 0 Å². The van der Waals surface area contributed by atoms with Crippen LogP contribution in [0.1, 0.15) is 82.4 Å². The summed E-state index contributed by atoms with van der Waals surface area (Å²) in [4.78, 5) is 27.5. The normalized spacial score (nSPS) is 20.3. The van der Waals surface area contributed by atoms with Crippen molar-refractivity contribution in [2.75, 3.05) is 33.5 Å². The maximum absolute atomic E-state index is 13.8. The molecule has 1 aliphatic rings. The zero-order chi connectivity index (χ0) is 30.2. The fraction of sp³-hybridized carbons (Fsp3) is 0.548. The van der Waals surface area contributed by atoms with E-state index in [1.165, 1.54) is 7.11 Å². The zero-order valence-electron chi connectivity index (χ0n) is 24.9. The molecule has 0 aromatic heterocycles. The number of aliphatic carboxylic acids is 1. The number of carboxylic acid groups (broad SMARTS) is 1. The average Bonchev–Trinajstić information content (AvgIpc) is 2.92. The first kappa shape index (κ1) is 32.2. The van der Waals surface area contributed by atoms with Crippen molar-refractivity contribution >= 4 is 12.0 Å². The molecule has 0 bridgehead atoms. The molecule has 1 saturated carbocycles. The summed E-state index contributed by atoms with van der Waals surface area (Å²) >= 11 is 0. The van der Waals surface area contributed by atoms with E-state index < -0.39 is 29.7 Å². The fourth-order valence-electron chi connectivity index (χ4n) is 5.11. The van der Waals surface area contributed by atoms with E-state index in [1.54, 1.807) is 24.0 Å². The fourth-order valence-corrected chi connectivity index (χ4v) is 5.11. The van der Waals surface area contributed by atoms with Crippen LogP contribution in [0.15, 0.2) is 42.5 Å². The van der Waals surface area contributed by atoms with Crippen LogP contribution in [0.3, 0.4) is 0 Å². The maximum Gasteiger partial charge on any atom is 0.329 e. The Morgan fingerprint density at radius 2 is 1.61 bits per heavy atom. The van der Waals surface area contributed by atoms with Gasteiger partial charge >= 0.3 is 12.0 Å². The Morgan fingerprint density at radius 1 is 1.02 bits per heavy atom. The summed E-state index contributed by atoms with van der Waals surface area (Å²) < 4.78 is 23.1. The lowest BCUT2D eigenvalue weighted by atomic mass is 9.74. The summed E-state index contributed by atoms with van der Waals surface area (Å²) in [5, 5.41) is 23.2. The monoisotopic (exact) mass is 572 g/mol. The molecule has 3 rings (SSSR count). The summed E-state index contributed by atoms with van der Waals surface area (Å²) in [5.41, 5.74) is 0.848. The lowest BCUT2D eigenvalue weighted by Crippen LogP contribution is -2.66. The number of ether oxygens (including phenoxy) is 4. The second kappa shape index (κ2) is 14.5. The number of aliphatic hydroxyl groups excluding tert-OH is 1. The second-order valence-electron chi connectivity index (χ2n) is 10.3. The number of urea groups is 1. The number of rotatable bonds is 15. The number of amides is 2. The van der Waals surface area contributed by atoms with Crippen molar-refractivity contribution in [2.45, 2.75) is 77.4 Å². The van der Waals surface area contributed by atoms with Gasteiger partial charge in [-0.05, 0) is 57.9 Å². The first-order valence-electron chi connectivity index (χ1n) is 14.2. The van der Waals surface area contributed by atoms with Gasteiger partial charge in [0.2, 0.25) is 0 Å². The number of carbonyl (C=O) groups excluding carboxylic acids is 1. The molecule has 0 saturated heterocycles. The maximum atomic E-state index is 13.8. The molecular formula is C31H44N2O8. The molecular weight excluding hydrogens is 528 g/mol. The van der Waals surface area contributed by atoms with Gasteiger partial charge in [0.25, 0.3) is 0 Å². The van der Waals surface area contributed by atoms with Crippen molar-refractivity contribution in [2.24, 2.45) is 0 Å². The van der Waals surface area contributed by atoms with Crippen molar-refractivity contribution in [3.8, 4) is 11.5 Å². The minimum absolute atomic E-state index is 0.181. The molecule has 0 radical (unpaired) electrons. The van der Waals surface area contributed by atoms with E-state index in [2.05, 4.69) is 5.32 Å². The van der Waals surface area contributed by atoms with Gasteiger partial charge in [0.1, 0.15) is 17.0 Å². The third kappa shape index (κ3) is 7.69. The van der Waals surface area contributed by atoms with E-state index in [4.69, 9.17) is 18.9 Å². The van der Waals surface area contributed by atoms with Gasteiger partial charge in [-0.3, -0.25) is 0 Å². The molecule has 10 nitrogen and oxygen atoms in total. The SMILES string of the molecule is CCOc1cc([C@@H](C)N(CCO[C@@H](C)c2ccccc2)C(=O)N[C@]2(C(=O)O)C[C@@H](OC)C2)cc(OCC)c1C(C)O. The van der Waals surface area contributed by atoms with Crippen molar-refractivity contribution in [3.05, 3.63) is 59.2 Å². The van der Waals surface area contributed by atoms with E-state index in [0.717, 1.165) is 5.56 Å². The highest BCUT2D eigenvalue weighted by Gasteiger charge is 2.52. The first-order valence-corrected chi connectivity index (χ1v) is 14.2. The Hall–Kier alpha value is -3.34. The van der Waals surface area contributed by atoms with Crippen molar-refractivity contribution in [1.82, 2.24) is 10.2 Å². The molecule has 3 N–H and O–H groups in total. The highest BCUT2D eigenvalue weighted by molar-refractivity contribution is 5.87. The van der Waals surface area contributed by atoms with E-state index in [1.807, 2.05) is 58.0 Å². The molecule has 0 heterocycles. The smallest absolute Gasteiger partial charge is 0.329 e. The number of hydrogen-bond acceptors (Lipinski definition) is 7. The van der Waals surface area contributed by atoms with Crippen LogP contribution in [-0.2, 0) is 14.3 Å². The van der Waals surface area contributed by atoms with Gasteiger partial charge < -0.3 is 39.4 Å². The van der Waals surface area contributed by atoms with Crippen LogP contribution in [0.2, 0.25) is 0 Å². The summed E-state index contributed by atoms with van der Waals surface area (Å²) in [5.74, 6) is -0.165. The molecule has 1 unspecified atom stereocenters. The molecule has 1 fully saturated rings. The van der Waals surface area contributed by atoms with E-state index >= 15 is 0 Å². The molecule has 41 heavy (non-hydrogen) atoms. The molecule has 2 aromatic carbocycles. The number of nitrogens with zero attached hydrogens (tertiary/aromatic N) is 1. The molecule has 226 valence electrons. The minimum atomic E-state index is -1.41. The second-order valence-corrected chi connectivity index (χ2v) is 10.3. The Morgan fingerprint density at radius 3 is 2.10 bits per heavy atom. The Kier molecular flexibility index (Phi) is 11.4. The Balaban J connectivity index is 1.92. The molecule has 2 amide bonds. The highest BCUT2D eigenvalue weighted by atomic mass is 16.5. The molecule has 0 aliphatic heterocycles. The Labute approximate surface area is 242 Å². The van der Waals surface area contributed by atoms with Gasteiger partial charge in [-0.2, -0.15) is 0 Å². The molecule has 10 heteroatoms. The van der Waals surface area contributed by atoms with Crippen molar-refractivity contribution < 1.29 is 38.7 Å². The third-order valence-electron chi connectivity index (χ3n) is 7.56. The van der Waals surface area contributed by atoms with Crippen LogP contribution in [0, 0.1) is 0 Å². The number of carbonyl (C=O) groups is 2. The molecule has 2 aromatic rings. The standard InChI is InChI=1S/C31H44N2O8/c1-7-39-26-16-24(17-27(40-8-2)28(26)21(4)34)20(3)33(14-15-41-22(5)23-12-10-9-11-13-23)30(37)32-31(29(35)36)18-25(19-31)38-6/h9-13,16-17,20-22,25,34H,7-8,14-15,18-19H2,1-6H3,(H,32,37)(H,35,36)/t20-,21?,22+,25-,31-/m1/s1. The molecule has 0 spiro atoms. The predicted octanol–water partition coefficient (Wildman–Crippen LogP) is 5.02. The molecule has 1 aliphatic carbocycles. The van der Waals surface area contributed by atoms with Gasteiger partial charge in [-0.15, -0.1) is 0 Å². The van der Waals surface area contributed by atoms with Crippen molar-refractivity contribution in [1.29, 1.82) is 0 Å². The van der Waals surface area contributed by atoms with Crippen LogP contribution in [0.5, 0.6) is 11.5 Å². The number of hydrogen-bond donors (Lipinski definition) is 3. The number of methoxy groups -OCH3 is 1. The highest BCUT2D eigenvalue weighted by Crippen LogP contribution is 2.39. The van der Waals surface area contributed by atoms with Gasteiger partial charge in [-0.1, -0.05) is 30.3 Å². The minimum Gasteiger partial charge on any atom is -0.493 e. The van der Waals surface area contributed by atoms with Crippen LogP contribution < -0.4 is 14.8 Å². The quantitative estimate of drug-likeness (QED) is 0.272. The average molecular weight is 573 g/mol. The number of benzene rings is 2. The summed E-state index contributed by atoms with van der Waals surface area (Å²) in [7, 11) is 1.53. The van der Waals surface area contributed by atoms with Crippen LogP contribution >= 0.6 is 0 Å². The van der Waals surface area contributed by atoms with Gasteiger partial charge in [-0.25, -0.2) is 9.59 Å². The number of nitrogens with one attached hydrogen (secondary N) is 1. The van der Waals surface area contributed by atoms with E-state index in [-0.39, 0.29) is 38.2 Å². The van der Waals surface area contributed by atoms with Crippen LogP contribution in [-0.4, -0.2) is 72.2 Å². The summed E-state index contributed by atoms with van der Waals surface area (Å²) in [6.07, 6.45) is -0.906. The summed E-state index contributed by atoms with van der Waals surface area (Å²) in [6, 6.07) is 12.3. The van der Waals surface area contributed by atoms with E-state index in [0.29, 0.717) is 35.8 Å². The predicted molar refractivity (Wildman–Crippen MR) is 154 cm³/mol. The first-order chi connectivity index (χ1) is 19.6. The lowest BCUT2D eigenvalue weighted by molar-refractivity contribution is -0.155. The lowest BCUT2D eigenvalue weighted by Gasteiger charge is -2.45. The Bertz CT molecular complexity index is 1120. The topological polar surface area (TPSA) is 127 Å². The van der Waals surface area contributed by atoms with E-state index in [9.17, 15) is 19.8 Å². The van der Waals surface area contributed by atoms with Crippen molar-refractivity contribution in [3.63, 3.8) is 0 Å². The number of carboxylic acids is 1. The largest absolute Gasteiger partial charge is 0.493 e. The molecule has 3 atom stereocenters. The number of aliphatic hydroxyl groups is 1. The van der Waals surface area contributed by atoms with Gasteiger partial charge in [0.05, 0.1) is 49.7 Å².